The minimum atomic E-state index is 0.529. The highest BCUT2D eigenvalue weighted by molar-refractivity contribution is 5.23. The Morgan fingerprint density at radius 1 is 1.73 bits per heavy atom. The average Bonchev–Trinajstić information content (AvgIpc) is 2.50. The Balaban J connectivity index is 2.32. The highest BCUT2D eigenvalue weighted by Crippen LogP contribution is 2.28. The van der Waals surface area contributed by atoms with Crippen molar-refractivity contribution in [2.24, 2.45) is 5.73 Å². The van der Waals surface area contributed by atoms with E-state index in [4.69, 9.17) is 5.73 Å². The van der Waals surface area contributed by atoms with Crippen molar-refractivity contribution in [2.45, 2.75) is 25.2 Å². The van der Waals surface area contributed by atoms with Crippen molar-refractivity contribution in [1.82, 2.24) is 10.2 Å². The molecule has 3 N–H and O–H groups in total. The number of nitrogens with zero attached hydrogens (tertiary/aromatic N) is 1. The second-order valence-electron chi connectivity index (χ2n) is 3.13. The van der Waals surface area contributed by atoms with Crippen LogP contribution in [0.25, 0.3) is 0 Å². The van der Waals surface area contributed by atoms with Crippen molar-refractivity contribution in [1.29, 1.82) is 0 Å². The summed E-state index contributed by atoms with van der Waals surface area (Å²) >= 11 is 0. The van der Waals surface area contributed by atoms with Crippen LogP contribution in [-0.2, 0) is 6.42 Å². The zero-order valence-electron chi connectivity index (χ0n) is 6.51. The molecule has 1 atom stereocenters. The van der Waals surface area contributed by atoms with Gasteiger partial charge in [0.2, 0.25) is 0 Å². The third-order valence-corrected chi connectivity index (χ3v) is 2.44. The van der Waals surface area contributed by atoms with Gasteiger partial charge in [0.05, 0.1) is 6.20 Å². The molecule has 0 fully saturated rings. The van der Waals surface area contributed by atoms with E-state index in [1.54, 1.807) is 0 Å². The van der Waals surface area contributed by atoms with Gasteiger partial charge in [0, 0.05) is 18.2 Å². The van der Waals surface area contributed by atoms with Crippen LogP contribution in [-0.4, -0.2) is 16.7 Å². The van der Waals surface area contributed by atoms with Crippen LogP contribution in [0.5, 0.6) is 0 Å². The number of nitrogens with one attached hydrogen (secondary N) is 1. The highest BCUT2D eigenvalue weighted by Gasteiger charge is 2.19. The molecular weight excluding hydrogens is 138 g/mol. The zero-order valence-corrected chi connectivity index (χ0v) is 6.51. The standard InChI is InChI=1S/C8H13N3/c9-4-6-2-1-3-7-5-10-11-8(6)7/h5-6H,1-4,9H2,(H,10,11). The van der Waals surface area contributed by atoms with Crippen molar-refractivity contribution in [3.05, 3.63) is 17.5 Å². The summed E-state index contributed by atoms with van der Waals surface area (Å²) < 4.78 is 0. The Morgan fingerprint density at radius 2 is 2.64 bits per heavy atom. The van der Waals surface area contributed by atoms with E-state index in [9.17, 15) is 0 Å². The molecule has 1 unspecified atom stereocenters. The van der Waals surface area contributed by atoms with E-state index < -0.39 is 0 Å². The highest BCUT2D eigenvalue weighted by atomic mass is 15.1. The smallest absolute Gasteiger partial charge is 0.0522 e. The van der Waals surface area contributed by atoms with Gasteiger partial charge >= 0.3 is 0 Å². The van der Waals surface area contributed by atoms with Crippen LogP contribution < -0.4 is 5.73 Å². The van der Waals surface area contributed by atoms with Gasteiger partial charge in [0.1, 0.15) is 0 Å². The molecule has 0 spiro atoms. The summed E-state index contributed by atoms with van der Waals surface area (Å²) in [4.78, 5) is 0. The predicted molar refractivity (Wildman–Crippen MR) is 43.3 cm³/mol. The topological polar surface area (TPSA) is 54.7 Å². The first-order chi connectivity index (χ1) is 5.42. The first-order valence-electron chi connectivity index (χ1n) is 4.14. The van der Waals surface area contributed by atoms with E-state index in [1.165, 1.54) is 30.5 Å². The molecule has 0 saturated carbocycles. The van der Waals surface area contributed by atoms with Gasteiger partial charge in [-0.2, -0.15) is 5.10 Å². The van der Waals surface area contributed by atoms with Crippen LogP contribution in [0.1, 0.15) is 30.0 Å². The maximum absolute atomic E-state index is 5.63. The van der Waals surface area contributed by atoms with E-state index in [1.807, 2.05) is 6.20 Å². The monoisotopic (exact) mass is 151 g/mol. The number of H-pyrrole nitrogens is 1. The van der Waals surface area contributed by atoms with Crippen molar-refractivity contribution >= 4 is 0 Å². The molecule has 3 nitrogen and oxygen atoms in total. The van der Waals surface area contributed by atoms with E-state index in [0.717, 1.165) is 6.54 Å². The summed E-state index contributed by atoms with van der Waals surface area (Å²) in [6.07, 6.45) is 5.57. The lowest BCUT2D eigenvalue weighted by Gasteiger charge is -2.19. The van der Waals surface area contributed by atoms with Gasteiger partial charge < -0.3 is 5.73 Å². The molecule has 0 radical (unpaired) electrons. The number of rotatable bonds is 1. The Kier molecular flexibility index (Phi) is 1.66. The van der Waals surface area contributed by atoms with E-state index in [0.29, 0.717) is 5.92 Å². The maximum atomic E-state index is 5.63. The molecule has 0 aliphatic heterocycles. The first kappa shape index (κ1) is 6.85. The summed E-state index contributed by atoms with van der Waals surface area (Å²) in [6.45, 7) is 0.745. The second-order valence-corrected chi connectivity index (χ2v) is 3.13. The van der Waals surface area contributed by atoms with Gasteiger partial charge in [-0.15, -0.1) is 0 Å². The van der Waals surface area contributed by atoms with Crippen molar-refractivity contribution in [2.75, 3.05) is 6.54 Å². The Morgan fingerprint density at radius 3 is 3.45 bits per heavy atom. The van der Waals surface area contributed by atoms with Gasteiger partial charge in [-0.1, -0.05) is 0 Å². The Hall–Kier alpha value is -0.830. The molecule has 1 aromatic heterocycles. The molecule has 3 heteroatoms. The predicted octanol–water partition coefficient (Wildman–Crippen LogP) is 0.788. The van der Waals surface area contributed by atoms with Crippen LogP contribution in [0.2, 0.25) is 0 Å². The summed E-state index contributed by atoms with van der Waals surface area (Å²) in [5.74, 6) is 0.529. The molecule has 0 aromatic carbocycles. The van der Waals surface area contributed by atoms with Gasteiger partial charge in [0.25, 0.3) is 0 Å². The molecule has 2 rings (SSSR count). The summed E-state index contributed by atoms with van der Waals surface area (Å²) in [6, 6.07) is 0. The van der Waals surface area contributed by atoms with E-state index in [2.05, 4.69) is 10.2 Å². The average molecular weight is 151 g/mol. The lowest BCUT2D eigenvalue weighted by Crippen LogP contribution is -2.17. The minimum absolute atomic E-state index is 0.529. The third-order valence-electron chi connectivity index (χ3n) is 2.44. The van der Waals surface area contributed by atoms with Crippen LogP contribution in [0, 0.1) is 0 Å². The number of aromatic amines is 1. The normalized spacial score (nSPS) is 23.2. The van der Waals surface area contributed by atoms with Crippen molar-refractivity contribution in [3.63, 3.8) is 0 Å². The van der Waals surface area contributed by atoms with Crippen LogP contribution in [0.4, 0.5) is 0 Å². The molecule has 11 heavy (non-hydrogen) atoms. The van der Waals surface area contributed by atoms with Gasteiger partial charge in [-0.05, 0) is 24.8 Å². The Labute approximate surface area is 66.0 Å². The second kappa shape index (κ2) is 2.66. The summed E-state index contributed by atoms with van der Waals surface area (Å²) in [5.41, 5.74) is 8.27. The van der Waals surface area contributed by atoms with Gasteiger partial charge in [-0.3, -0.25) is 5.10 Å². The van der Waals surface area contributed by atoms with Crippen molar-refractivity contribution < 1.29 is 0 Å². The largest absolute Gasteiger partial charge is 0.330 e. The van der Waals surface area contributed by atoms with E-state index >= 15 is 0 Å². The molecule has 1 aliphatic rings. The molecule has 0 bridgehead atoms. The first-order valence-corrected chi connectivity index (χ1v) is 4.14. The lowest BCUT2D eigenvalue weighted by atomic mass is 9.88. The maximum Gasteiger partial charge on any atom is 0.0522 e. The molecule has 1 aromatic rings. The number of fused-ring (bicyclic) bond motifs is 1. The zero-order chi connectivity index (χ0) is 7.68. The Bertz CT molecular complexity index is 241. The molecule has 60 valence electrons. The molecule has 0 saturated heterocycles. The summed E-state index contributed by atoms with van der Waals surface area (Å²) in [5, 5.41) is 7.05. The van der Waals surface area contributed by atoms with Crippen LogP contribution in [0.15, 0.2) is 6.20 Å². The van der Waals surface area contributed by atoms with Crippen molar-refractivity contribution in [3.8, 4) is 0 Å². The minimum Gasteiger partial charge on any atom is -0.330 e. The summed E-state index contributed by atoms with van der Waals surface area (Å²) in [7, 11) is 0. The quantitative estimate of drug-likeness (QED) is 0.623. The molecule has 0 amide bonds. The lowest BCUT2D eigenvalue weighted by molar-refractivity contribution is 0.549. The fourth-order valence-corrected chi connectivity index (χ4v) is 1.79. The van der Waals surface area contributed by atoms with Crippen LogP contribution in [0.3, 0.4) is 0 Å². The SMILES string of the molecule is NCC1CCCc2cn[nH]c21. The molecule has 1 aliphatic carbocycles. The van der Waals surface area contributed by atoms with Gasteiger partial charge in [-0.25, -0.2) is 0 Å². The number of aryl methyl sites for hydroxylation is 1. The molecular formula is C8H13N3. The number of nitrogens with two attached hydrogens (primary N) is 1. The fraction of sp³-hybridized carbons (Fsp3) is 0.625. The third kappa shape index (κ3) is 1.05. The molecule has 1 heterocycles. The number of hydrogen-bond donors (Lipinski definition) is 2. The van der Waals surface area contributed by atoms with Gasteiger partial charge in [0.15, 0.2) is 0 Å². The number of hydrogen-bond acceptors (Lipinski definition) is 2. The number of aromatic nitrogens is 2. The van der Waals surface area contributed by atoms with Crippen LogP contribution >= 0.6 is 0 Å². The van der Waals surface area contributed by atoms with E-state index in [-0.39, 0.29) is 0 Å². The fourth-order valence-electron chi connectivity index (χ4n) is 1.79.